The first-order valence-electron chi connectivity index (χ1n) is 8.34. The highest BCUT2D eigenvalue weighted by molar-refractivity contribution is 4.97. The maximum atomic E-state index is 6.12. The van der Waals surface area contributed by atoms with Gasteiger partial charge in [0.2, 0.25) is 0 Å². The van der Waals surface area contributed by atoms with Gasteiger partial charge in [-0.15, -0.1) is 6.58 Å². The molecule has 1 atom stereocenters. The molecule has 3 heteroatoms. The molecular weight excluding hydrogens is 260 g/mol. The summed E-state index contributed by atoms with van der Waals surface area (Å²) in [6.45, 7) is 16.1. The van der Waals surface area contributed by atoms with Crippen LogP contribution in [0.1, 0.15) is 66.7 Å². The number of nitrogens with two attached hydrogens (primary N) is 1. The summed E-state index contributed by atoms with van der Waals surface area (Å²) in [4.78, 5) is 0. The third kappa shape index (κ3) is 9.28. The fourth-order valence-electron chi connectivity index (χ4n) is 3.43. The summed E-state index contributed by atoms with van der Waals surface area (Å²) in [5.41, 5.74) is 4.87. The van der Waals surface area contributed by atoms with Crippen molar-refractivity contribution in [3.63, 3.8) is 0 Å². The van der Waals surface area contributed by atoms with Crippen molar-refractivity contribution >= 4 is 0 Å². The van der Waals surface area contributed by atoms with Crippen LogP contribution in [0, 0.1) is 5.92 Å². The van der Waals surface area contributed by atoms with E-state index in [1.165, 1.54) is 19.9 Å². The first kappa shape index (κ1) is 20.6. The molecule has 0 radical (unpaired) electrons. The summed E-state index contributed by atoms with van der Waals surface area (Å²) < 4.78 is 6.12. The van der Waals surface area contributed by atoms with Crippen LogP contribution in [-0.4, -0.2) is 30.8 Å². The zero-order valence-electron chi connectivity index (χ0n) is 15.2. The first-order valence-corrected chi connectivity index (χ1v) is 8.34. The Balaban J connectivity index is 0.00000191. The second kappa shape index (κ2) is 9.60. The molecule has 126 valence electrons. The van der Waals surface area contributed by atoms with Gasteiger partial charge < -0.3 is 15.8 Å². The number of allylic oxidation sites excluding steroid dienone is 1. The Morgan fingerprint density at radius 1 is 1.24 bits per heavy atom. The molecular formula is C18H38N2O. The minimum atomic E-state index is 0.183. The molecule has 0 saturated carbocycles. The number of ether oxygens (including phenoxy) is 1. The van der Waals surface area contributed by atoms with Gasteiger partial charge >= 0.3 is 0 Å². The van der Waals surface area contributed by atoms with Gasteiger partial charge in [-0.05, 0) is 72.8 Å². The lowest BCUT2D eigenvalue weighted by Crippen LogP contribution is -2.59. The third-order valence-electron chi connectivity index (χ3n) is 3.92. The normalized spacial score (nSPS) is 22.0. The molecule has 1 saturated heterocycles. The first-order chi connectivity index (χ1) is 9.74. The van der Waals surface area contributed by atoms with Crippen molar-refractivity contribution < 1.29 is 4.74 Å². The van der Waals surface area contributed by atoms with Crippen LogP contribution >= 0.6 is 0 Å². The van der Waals surface area contributed by atoms with Crippen LogP contribution < -0.4 is 11.1 Å². The van der Waals surface area contributed by atoms with Crippen LogP contribution in [0.5, 0.6) is 0 Å². The SMILES string of the molecule is C=CCC(C)CCCOC1CC(C)(C)NC(C)(C)C1.CN. The Bertz CT molecular complexity index is 271. The highest BCUT2D eigenvalue weighted by atomic mass is 16.5. The smallest absolute Gasteiger partial charge is 0.0609 e. The average Bonchev–Trinajstić information content (AvgIpc) is 2.34. The van der Waals surface area contributed by atoms with Crippen molar-refractivity contribution in [2.45, 2.75) is 83.9 Å². The van der Waals surface area contributed by atoms with E-state index >= 15 is 0 Å². The average molecular weight is 299 g/mol. The molecule has 0 bridgehead atoms. The number of piperidine rings is 1. The van der Waals surface area contributed by atoms with Crippen LogP contribution in [0.25, 0.3) is 0 Å². The standard InChI is InChI=1S/C17H33NO.CH5N/c1-7-9-14(2)10-8-11-19-15-12-16(3,4)18-17(5,6)13-15;1-2/h7,14-15,18H,1,8-13H2,2-6H3;2H2,1H3. The predicted molar refractivity (Wildman–Crippen MR) is 93.6 cm³/mol. The second-order valence-corrected chi connectivity index (χ2v) is 7.57. The van der Waals surface area contributed by atoms with Crippen LogP contribution in [0.15, 0.2) is 12.7 Å². The van der Waals surface area contributed by atoms with Gasteiger partial charge in [-0.3, -0.25) is 0 Å². The van der Waals surface area contributed by atoms with E-state index in [4.69, 9.17) is 4.74 Å². The van der Waals surface area contributed by atoms with Gasteiger partial charge in [0.1, 0.15) is 0 Å². The topological polar surface area (TPSA) is 47.3 Å². The van der Waals surface area contributed by atoms with Crippen molar-refractivity contribution in [1.29, 1.82) is 0 Å². The fourth-order valence-corrected chi connectivity index (χ4v) is 3.43. The number of nitrogens with one attached hydrogen (secondary N) is 1. The molecule has 1 rings (SSSR count). The lowest BCUT2D eigenvalue weighted by molar-refractivity contribution is -0.0234. The van der Waals surface area contributed by atoms with Crippen molar-refractivity contribution in [3.8, 4) is 0 Å². The Labute approximate surface area is 132 Å². The summed E-state index contributed by atoms with van der Waals surface area (Å²) in [6.07, 6.45) is 8.17. The molecule has 0 amide bonds. The van der Waals surface area contributed by atoms with Crippen LogP contribution in [0.4, 0.5) is 0 Å². The molecule has 3 N–H and O–H groups in total. The summed E-state index contributed by atoms with van der Waals surface area (Å²) >= 11 is 0. The van der Waals surface area contributed by atoms with E-state index in [9.17, 15) is 0 Å². The monoisotopic (exact) mass is 298 g/mol. The molecule has 1 aliphatic rings. The van der Waals surface area contributed by atoms with Gasteiger partial charge in [0, 0.05) is 17.7 Å². The van der Waals surface area contributed by atoms with E-state index in [1.54, 1.807) is 0 Å². The van der Waals surface area contributed by atoms with Crippen molar-refractivity contribution in [1.82, 2.24) is 5.32 Å². The van der Waals surface area contributed by atoms with Gasteiger partial charge in [-0.1, -0.05) is 13.0 Å². The van der Waals surface area contributed by atoms with Crippen LogP contribution in [0.2, 0.25) is 0 Å². The fraction of sp³-hybridized carbons (Fsp3) is 0.889. The maximum absolute atomic E-state index is 6.12. The minimum absolute atomic E-state index is 0.183. The highest BCUT2D eigenvalue weighted by Gasteiger charge is 2.37. The van der Waals surface area contributed by atoms with Gasteiger partial charge in [0.05, 0.1) is 6.10 Å². The van der Waals surface area contributed by atoms with Crippen molar-refractivity contribution in [2.75, 3.05) is 13.7 Å². The van der Waals surface area contributed by atoms with E-state index in [2.05, 4.69) is 52.2 Å². The summed E-state index contributed by atoms with van der Waals surface area (Å²) in [5, 5.41) is 3.70. The molecule has 0 spiro atoms. The predicted octanol–water partition coefficient (Wildman–Crippen LogP) is 3.88. The highest BCUT2D eigenvalue weighted by Crippen LogP contribution is 2.30. The molecule has 1 aliphatic heterocycles. The molecule has 0 aliphatic carbocycles. The van der Waals surface area contributed by atoms with E-state index < -0.39 is 0 Å². The molecule has 1 heterocycles. The molecule has 3 nitrogen and oxygen atoms in total. The van der Waals surface area contributed by atoms with Gasteiger partial charge in [-0.25, -0.2) is 0 Å². The zero-order chi connectivity index (χ0) is 16.5. The number of hydrogen-bond acceptors (Lipinski definition) is 3. The van der Waals surface area contributed by atoms with E-state index in [-0.39, 0.29) is 11.1 Å². The van der Waals surface area contributed by atoms with Gasteiger partial charge in [0.25, 0.3) is 0 Å². The largest absolute Gasteiger partial charge is 0.378 e. The lowest BCUT2D eigenvalue weighted by Gasteiger charge is -2.46. The molecule has 0 aromatic carbocycles. The van der Waals surface area contributed by atoms with Crippen molar-refractivity contribution in [2.24, 2.45) is 11.7 Å². The maximum Gasteiger partial charge on any atom is 0.0609 e. The summed E-state index contributed by atoms with van der Waals surface area (Å²) in [5.74, 6) is 0.738. The van der Waals surface area contributed by atoms with Crippen LogP contribution in [0.3, 0.4) is 0 Å². The summed E-state index contributed by atoms with van der Waals surface area (Å²) in [6, 6.07) is 0. The Morgan fingerprint density at radius 3 is 2.24 bits per heavy atom. The molecule has 1 unspecified atom stereocenters. The Morgan fingerprint density at radius 2 is 1.76 bits per heavy atom. The van der Waals surface area contributed by atoms with Gasteiger partial charge in [0.15, 0.2) is 0 Å². The minimum Gasteiger partial charge on any atom is -0.378 e. The quantitative estimate of drug-likeness (QED) is 0.554. The lowest BCUT2D eigenvalue weighted by atomic mass is 9.81. The van der Waals surface area contributed by atoms with Crippen molar-refractivity contribution in [3.05, 3.63) is 12.7 Å². The molecule has 1 fully saturated rings. The second-order valence-electron chi connectivity index (χ2n) is 7.57. The third-order valence-corrected chi connectivity index (χ3v) is 3.92. The van der Waals surface area contributed by atoms with E-state index in [1.807, 2.05) is 6.08 Å². The van der Waals surface area contributed by atoms with Gasteiger partial charge in [-0.2, -0.15) is 0 Å². The Kier molecular flexibility index (Phi) is 9.43. The molecule has 0 aromatic rings. The molecule has 0 aromatic heterocycles. The Hall–Kier alpha value is -0.380. The van der Waals surface area contributed by atoms with E-state index in [0.29, 0.717) is 6.10 Å². The van der Waals surface area contributed by atoms with E-state index in [0.717, 1.165) is 31.8 Å². The summed E-state index contributed by atoms with van der Waals surface area (Å²) in [7, 11) is 1.50. The van der Waals surface area contributed by atoms with Crippen LogP contribution in [-0.2, 0) is 4.74 Å². The number of hydrogen-bond donors (Lipinski definition) is 2. The zero-order valence-corrected chi connectivity index (χ0v) is 15.2. The molecule has 21 heavy (non-hydrogen) atoms. The number of rotatable bonds is 7.